The van der Waals surface area contributed by atoms with Gasteiger partial charge >= 0.3 is 6.18 Å². The van der Waals surface area contributed by atoms with Gasteiger partial charge in [0.25, 0.3) is 0 Å². The van der Waals surface area contributed by atoms with Gasteiger partial charge < -0.3 is 0 Å². The van der Waals surface area contributed by atoms with Crippen LogP contribution in [0.25, 0.3) is 0 Å². The van der Waals surface area contributed by atoms with Crippen molar-refractivity contribution in [2.45, 2.75) is 44.8 Å². The summed E-state index contributed by atoms with van der Waals surface area (Å²) in [5.41, 5.74) is 4.66. The number of rotatable bonds is 5. The van der Waals surface area contributed by atoms with Gasteiger partial charge in [-0.15, -0.1) is 0 Å². The van der Waals surface area contributed by atoms with E-state index in [0.717, 1.165) is 49.8 Å². The fraction of sp³-hybridized carbons (Fsp3) is 0.346. The van der Waals surface area contributed by atoms with Crippen LogP contribution in [0.1, 0.15) is 52.3 Å². The zero-order valence-electron chi connectivity index (χ0n) is 17.7. The highest BCUT2D eigenvalue weighted by Gasteiger charge is 2.30. The van der Waals surface area contributed by atoms with Crippen molar-refractivity contribution >= 4 is 0 Å². The summed E-state index contributed by atoms with van der Waals surface area (Å²) in [5.74, 6) is 0.390. The highest BCUT2D eigenvalue weighted by atomic mass is 19.4. The predicted molar refractivity (Wildman–Crippen MR) is 117 cm³/mol. The summed E-state index contributed by atoms with van der Waals surface area (Å²) in [6.07, 6.45) is 0.203. The molecule has 0 bridgehead atoms. The van der Waals surface area contributed by atoms with Crippen molar-refractivity contribution in [1.82, 2.24) is 9.88 Å². The fourth-order valence-corrected chi connectivity index (χ4v) is 4.38. The van der Waals surface area contributed by atoms with Crippen LogP contribution < -0.4 is 0 Å². The lowest BCUT2D eigenvalue weighted by Gasteiger charge is -2.32. The van der Waals surface area contributed by atoms with Crippen LogP contribution in [0, 0.1) is 6.92 Å². The standard InChI is InChI=1S/C26H27F3N2/c1-19-5-2-7-22(13-19)17-31-12-4-8-23(18-31)25-11-10-21(16-30-25)14-20-6-3-9-24(15-20)26(27,28)29/h2-3,5-7,9-11,13,15-16,23H,4,8,12,14,17-18H2,1H3/t23-/m0/s1. The molecule has 5 heteroatoms. The molecule has 1 fully saturated rings. The summed E-state index contributed by atoms with van der Waals surface area (Å²) >= 11 is 0. The first-order valence-corrected chi connectivity index (χ1v) is 10.8. The van der Waals surface area contributed by atoms with Gasteiger partial charge in [0, 0.05) is 30.9 Å². The molecule has 162 valence electrons. The third-order valence-corrected chi connectivity index (χ3v) is 5.92. The molecule has 1 saturated heterocycles. The molecule has 0 saturated carbocycles. The molecule has 0 amide bonds. The number of hydrogen-bond donors (Lipinski definition) is 0. The Bertz CT molecular complexity index is 1010. The number of pyridine rings is 1. The SMILES string of the molecule is Cc1cccc(CN2CCC[C@H](c3ccc(Cc4cccc(C(F)(F)F)c4)cn3)C2)c1. The van der Waals surface area contributed by atoms with Gasteiger partial charge in [-0.3, -0.25) is 9.88 Å². The first kappa shape index (κ1) is 21.6. The lowest BCUT2D eigenvalue weighted by atomic mass is 9.93. The maximum atomic E-state index is 12.9. The Morgan fingerprint density at radius 3 is 2.52 bits per heavy atom. The Hall–Kier alpha value is -2.66. The van der Waals surface area contributed by atoms with E-state index in [1.54, 1.807) is 6.07 Å². The molecular formula is C26H27F3N2. The molecule has 0 spiro atoms. The second kappa shape index (κ2) is 9.23. The first-order chi connectivity index (χ1) is 14.9. The van der Waals surface area contributed by atoms with E-state index in [1.807, 2.05) is 18.3 Å². The quantitative estimate of drug-likeness (QED) is 0.472. The summed E-state index contributed by atoms with van der Waals surface area (Å²) in [5, 5.41) is 0. The van der Waals surface area contributed by atoms with Gasteiger partial charge in [0.2, 0.25) is 0 Å². The minimum absolute atomic E-state index is 0.390. The number of piperidine rings is 1. The van der Waals surface area contributed by atoms with Gasteiger partial charge in [-0.25, -0.2) is 0 Å². The molecule has 2 nitrogen and oxygen atoms in total. The van der Waals surface area contributed by atoms with Gasteiger partial charge in [-0.05, 0) is 61.6 Å². The molecule has 1 aliphatic rings. The Labute approximate surface area is 181 Å². The smallest absolute Gasteiger partial charge is 0.298 e. The monoisotopic (exact) mass is 424 g/mol. The molecule has 1 aromatic heterocycles. The van der Waals surface area contributed by atoms with Crippen LogP contribution in [0.2, 0.25) is 0 Å². The molecule has 1 aliphatic heterocycles. The Balaban J connectivity index is 1.39. The normalized spacial score (nSPS) is 17.6. The number of aromatic nitrogens is 1. The van der Waals surface area contributed by atoms with Crippen molar-refractivity contribution in [2.24, 2.45) is 0 Å². The highest BCUT2D eigenvalue weighted by Crippen LogP contribution is 2.30. The molecule has 31 heavy (non-hydrogen) atoms. The summed E-state index contributed by atoms with van der Waals surface area (Å²) in [6, 6.07) is 18.2. The molecule has 3 aromatic rings. The average molecular weight is 425 g/mol. The Morgan fingerprint density at radius 2 is 1.77 bits per heavy atom. The number of aryl methyl sites for hydroxylation is 1. The first-order valence-electron chi connectivity index (χ1n) is 10.8. The minimum atomic E-state index is -4.32. The molecule has 4 rings (SSSR count). The summed E-state index contributed by atoms with van der Waals surface area (Å²) in [7, 11) is 0. The summed E-state index contributed by atoms with van der Waals surface area (Å²) in [6.45, 7) is 5.14. The van der Waals surface area contributed by atoms with Gasteiger partial charge in [0.15, 0.2) is 0 Å². The van der Waals surface area contributed by atoms with Crippen molar-refractivity contribution in [1.29, 1.82) is 0 Å². The number of hydrogen-bond acceptors (Lipinski definition) is 2. The fourth-order valence-electron chi connectivity index (χ4n) is 4.38. The molecule has 2 heterocycles. The molecule has 0 unspecified atom stereocenters. The van der Waals surface area contributed by atoms with Crippen LogP contribution in [-0.2, 0) is 19.1 Å². The van der Waals surface area contributed by atoms with Crippen LogP contribution in [0.4, 0.5) is 13.2 Å². The van der Waals surface area contributed by atoms with Gasteiger partial charge in [0.1, 0.15) is 0 Å². The van der Waals surface area contributed by atoms with Crippen molar-refractivity contribution < 1.29 is 13.2 Å². The van der Waals surface area contributed by atoms with E-state index in [9.17, 15) is 13.2 Å². The third kappa shape index (κ3) is 5.73. The maximum Gasteiger partial charge on any atom is 0.416 e. The van der Waals surface area contributed by atoms with Crippen molar-refractivity contribution in [3.05, 3.63) is 100 Å². The zero-order chi connectivity index (χ0) is 21.8. The largest absolute Gasteiger partial charge is 0.416 e. The maximum absolute atomic E-state index is 12.9. The second-order valence-corrected chi connectivity index (χ2v) is 8.53. The van der Waals surface area contributed by atoms with Crippen molar-refractivity contribution in [3.8, 4) is 0 Å². The van der Waals surface area contributed by atoms with E-state index in [1.165, 1.54) is 23.3 Å². The lowest BCUT2D eigenvalue weighted by molar-refractivity contribution is -0.137. The van der Waals surface area contributed by atoms with E-state index in [-0.39, 0.29) is 0 Å². The van der Waals surface area contributed by atoms with E-state index in [4.69, 9.17) is 0 Å². The van der Waals surface area contributed by atoms with E-state index < -0.39 is 11.7 Å². The predicted octanol–water partition coefficient (Wildman–Crippen LogP) is 6.38. The molecule has 1 atom stereocenters. The van der Waals surface area contributed by atoms with Gasteiger partial charge in [-0.2, -0.15) is 13.2 Å². The van der Waals surface area contributed by atoms with Crippen LogP contribution >= 0.6 is 0 Å². The van der Waals surface area contributed by atoms with Crippen LogP contribution in [-0.4, -0.2) is 23.0 Å². The second-order valence-electron chi connectivity index (χ2n) is 8.53. The topological polar surface area (TPSA) is 16.1 Å². The van der Waals surface area contributed by atoms with Crippen LogP contribution in [0.3, 0.4) is 0 Å². The lowest BCUT2D eigenvalue weighted by Crippen LogP contribution is -2.34. The van der Waals surface area contributed by atoms with E-state index in [0.29, 0.717) is 17.9 Å². The molecule has 0 radical (unpaired) electrons. The van der Waals surface area contributed by atoms with Crippen LogP contribution in [0.15, 0.2) is 66.9 Å². The van der Waals surface area contributed by atoms with Crippen LogP contribution in [0.5, 0.6) is 0 Å². The minimum Gasteiger partial charge on any atom is -0.298 e. The molecule has 0 N–H and O–H groups in total. The van der Waals surface area contributed by atoms with E-state index in [2.05, 4.69) is 41.1 Å². The molecule has 0 aliphatic carbocycles. The number of halogens is 3. The number of alkyl halides is 3. The average Bonchev–Trinajstić information content (AvgIpc) is 2.74. The van der Waals surface area contributed by atoms with Gasteiger partial charge in [0.05, 0.1) is 5.56 Å². The summed E-state index contributed by atoms with van der Waals surface area (Å²) in [4.78, 5) is 7.16. The van der Waals surface area contributed by atoms with Crippen molar-refractivity contribution in [3.63, 3.8) is 0 Å². The third-order valence-electron chi connectivity index (χ3n) is 5.92. The molecular weight excluding hydrogens is 397 g/mol. The summed E-state index contributed by atoms with van der Waals surface area (Å²) < 4.78 is 38.8. The number of nitrogens with zero attached hydrogens (tertiary/aromatic N) is 2. The zero-order valence-corrected chi connectivity index (χ0v) is 17.7. The highest BCUT2D eigenvalue weighted by molar-refractivity contribution is 5.31. The van der Waals surface area contributed by atoms with E-state index >= 15 is 0 Å². The van der Waals surface area contributed by atoms with Gasteiger partial charge in [-0.1, -0.05) is 54.1 Å². The number of likely N-dealkylation sites (tertiary alicyclic amines) is 1. The molecule has 2 aromatic carbocycles. The Kier molecular flexibility index (Phi) is 6.42. The number of benzene rings is 2. The Morgan fingerprint density at radius 1 is 0.968 bits per heavy atom. The van der Waals surface area contributed by atoms with Crippen molar-refractivity contribution in [2.75, 3.05) is 13.1 Å².